The van der Waals surface area contributed by atoms with Crippen molar-refractivity contribution >= 4 is 15.9 Å². The first-order valence-corrected chi connectivity index (χ1v) is 5.31. The minimum absolute atomic E-state index is 0.264. The largest absolute Gasteiger partial charge is 0.334 e. The highest BCUT2D eigenvalue weighted by Gasteiger charge is 2.09. The van der Waals surface area contributed by atoms with Gasteiger partial charge in [0.1, 0.15) is 0 Å². The van der Waals surface area contributed by atoms with E-state index >= 15 is 0 Å². The number of nitrogens with zero attached hydrogens (tertiary/aromatic N) is 2. The van der Waals surface area contributed by atoms with Crippen LogP contribution in [0.5, 0.6) is 0 Å². The summed E-state index contributed by atoms with van der Waals surface area (Å²) in [5, 5.41) is 0. The van der Waals surface area contributed by atoms with Gasteiger partial charge in [-0.15, -0.1) is 0 Å². The number of aromatic nitrogens is 2. The van der Waals surface area contributed by atoms with Crippen molar-refractivity contribution in [1.82, 2.24) is 9.55 Å². The lowest BCUT2D eigenvalue weighted by Gasteiger charge is -2.14. The maximum atomic E-state index is 4.33. The Labute approximate surface area is 91.7 Å². The molecule has 14 heavy (non-hydrogen) atoms. The SMILES string of the molecule is C[C@@H](c1ccccn1)n1cccc1Br. The summed E-state index contributed by atoms with van der Waals surface area (Å²) in [6, 6.07) is 10.3. The molecule has 2 nitrogen and oxygen atoms in total. The van der Waals surface area contributed by atoms with Crippen LogP contribution in [0.25, 0.3) is 0 Å². The fraction of sp³-hybridized carbons (Fsp3) is 0.182. The molecule has 0 saturated heterocycles. The predicted molar refractivity (Wildman–Crippen MR) is 60.2 cm³/mol. The normalized spacial score (nSPS) is 12.7. The van der Waals surface area contributed by atoms with Crippen LogP contribution in [0.3, 0.4) is 0 Å². The summed E-state index contributed by atoms with van der Waals surface area (Å²) < 4.78 is 3.22. The first-order valence-electron chi connectivity index (χ1n) is 4.52. The van der Waals surface area contributed by atoms with E-state index < -0.39 is 0 Å². The number of pyridine rings is 1. The lowest BCUT2D eigenvalue weighted by atomic mass is 10.2. The summed E-state index contributed by atoms with van der Waals surface area (Å²) in [7, 11) is 0. The Kier molecular flexibility index (Phi) is 2.68. The number of rotatable bonds is 2. The van der Waals surface area contributed by atoms with E-state index in [1.54, 1.807) is 0 Å². The number of halogens is 1. The smallest absolute Gasteiger partial charge is 0.0852 e. The molecular formula is C11H11BrN2. The number of hydrogen-bond donors (Lipinski definition) is 0. The minimum Gasteiger partial charge on any atom is -0.334 e. The molecule has 0 radical (unpaired) electrons. The first-order chi connectivity index (χ1) is 6.79. The fourth-order valence-electron chi connectivity index (χ4n) is 1.45. The molecule has 0 aliphatic carbocycles. The lowest BCUT2D eigenvalue weighted by Crippen LogP contribution is -2.06. The van der Waals surface area contributed by atoms with Gasteiger partial charge in [0.25, 0.3) is 0 Å². The lowest BCUT2D eigenvalue weighted by molar-refractivity contribution is 0.613. The molecule has 72 valence electrons. The molecule has 3 heteroatoms. The number of hydrogen-bond acceptors (Lipinski definition) is 1. The highest BCUT2D eigenvalue weighted by atomic mass is 79.9. The molecule has 0 amide bonds. The van der Waals surface area contributed by atoms with Crippen molar-refractivity contribution in [2.75, 3.05) is 0 Å². The van der Waals surface area contributed by atoms with Crippen molar-refractivity contribution < 1.29 is 0 Å². The molecule has 0 saturated carbocycles. The Morgan fingerprint density at radius 2 is 2.14 bits per heavy atom. The molecule has 2 aromatic rings. The van der Waals surface area contributed by atoms with E-state index in [0.717, 1.165) is 10.3 Å². The minimum atomic E-state index is 0.264. The molecule has 2 heterocycles. The van der Waals surface area contributed by atoms with Crippen LogP contribution in [-0.4, -0.2) is 9.55 Å². The summed E-state index contributed by atoms with van der Waals surface area (Å²) in [5.74, 6) is 0. The third-order valence-electron chi connectivity index (χ3n) is 2.26. The molecule has 1 atom stereocenters. The average molecular weight is 251 g/mol. The van der Waals surface area contributed by atoms with Crippen LogP contribution >= 0.6 is 15.9 Å². The van der Waals surface area contributed by atoms with Gasteiger partial charge in [0, 0.05) is 12.4 Å². The first kappa shape index (κ1) is 9.46. The van der Waals surface area contributed by atoms with Gasteiger partial charge in [0.2, 0.25) is 0 Å². The zero-order valence-electron chi connectivity index (χ0n) is 7.89. The second-order valence-electron chi connectivity index (χ2n) is 3.17. The third kappa shape index (κ3) is 1.73. The average Bonchev–Trinajstić information content (AvgIpc) is 2.65. The van der Waals surface area contributed by atoms with E-state index in [2.05, 4.69) is 32.4 Å². The fourth-order valence-corrected chi connectivity index (χ4v) is 2.03. The van der Waals surface area contributed by atoms with Crippen LogP contribution in [0.2, 0.25) is 0 Å². The Balaban J connectivity index is 2.34. The van der Waals surface area contributed by atoms with Crippen LogP contribution in [-0.2, 0) is 0 Å². The molecule has 0 fully saturated rings. The molecule has 0 unspecified atom stereocenters. The molecule has 0 aliphatic rings. The zero-order valence-corrected chi connectivity index (χ0v) is 9.48. The molecule has 0 aromatic carbocycles. The maximum absolute atomic E-state index is 4.33. The van der Waals surface area contributed by atoms with E-state index in [4.69, 9.17) is 0 Å². The van der Waals surface area contributed by atoms with Gasteiger partial charge in [-0.2, -0.15) is 0 Å². The van der Waals surface area contributed by atoms with Gasteiger partial charge in [-0.05, 0) is 47.1 Å². The highest BCUT2D eigenvalue weighted by Crippen LogP contribution is 2.21. The Hall–Kier alpha value is -1.09. The van der Waals surface area contributed by atoms with E-state index in [1.165, 1.54) is 0 Å². The molecular weight excluding hydrogens is 240 g/mol. The van der Waals surface area contributed by atoms with Crippen LogP contribution in [0, 0.1) is 0 Å². The summed E-state index contributed by atoms with van der Waals surface area (Å²) in [6.07, 6.45) is 3.87. The van der Waals surface area contributed by atoms with E-state index in [0.29, 0.717) is 0 Å². The van der Waals surface area contributed by atoms with E-state index in [1.807, 2.05) is 42.7 Å². The monoisotopic (exact) mass is 250 g/mol. The molecule has 0 aliphatic heterocycles. The van der Waals surface area contributed by atoms with Crippen LogP contribution in [0.4, 0.5) is 0 Å². The Bertz CT molecular complexity index is 408. The van der Waals surface area contributed by atoms with Crippen molar-refractivity contribution in [3.05, 3.63) is 53.0 Å². The van der Waals surface area contributed by atoms with Gasteiger partial charge in [0.15, 0.2) is 0 Å². The van der Waals surface area contributed by atoms with Crippen molar-refractivity contribution in [2.45, 2.75) is 13.0 Å². The molecule has 0 spiro atoms. The summed E-state index contributed by atoms with van der Waals surface area (Å²) in [5.41, 5.74) is 1.07. The summed E-state index contributed by atoms with van der Waals surface area (Å²) in [4.78, 5) is 4.33. The van der Waals surface area contributed by atoms with Crippen molar-refractivity contribution in [1.29, 1.82) is 0 Å². The Morgan fingerprint density at radius 1 is 1.29 bits per heavy atom. The molecule has 2 aromatic heterocycles. The topological polar surface area (TPSA) is 17.8 Å². The standard InChI is InChI=1S/C11H11BrN2/c1-9(10-5-2-3-7-13-10)14-8-4-6-11(14)12/h2-9H,1H3/t9-/m0/s1. The zero-order chi connectivity index (χ0) is 9.97. The summed E-state index contributed by atoms with van der Waals surface area (Å²) in [6.45, 7) is 2.13. The summed E-state index contributed by atoms with van der Waals surface area (Å²) >= 11 is 3.50. The van der Waals surface area contributed by atoms with Crippen LogP contribution < -0.4 is 0 Å². The predicted octanol–water partition coefficient (Wildman–Crippen LogP) is 3.25. The quantitative estimate of drug-likeness (QED) is 0.801. The van der Waals surface area contributed by atoms with Crippen molar-refractivity contribution in [3.63, 3.8) is 0 Å². The second kappa shape index (κ2) is 3.96. The Morgan fingerprint density at radius 3 is 2.71 bits per heavy atom. The maximum Gasteiger partial charge on any atom is 0.0852 e. The van der Waals surface area contributed by atoms with Gasteiger partial charge in [0.05, 0.1) is 16.3 Å². The van der Waals surface area contributed by atoms with Crippen molar-refractivity contribution in [3.8, 4) is 0 Å². The van der Waals surface area contributed by atoms with Gasteiger partial charge in [-0.1, -0.05) is 6.07 Å². The van der Waals surface area contributed by atoms with Gasteiger partial charge >= 0.3 is 0 Å². The second-order valence-corrected chi connectivity index (χ2v) is 3.98. The molecule has 0 N–H and O–H groups in total. The van der Waals surface area contributed by atoms with Crippen molar-refractivity contribution in [2.24, 2.45) is 0 Å². The highest BCUT2D eigenvalue weighted by molar-refractivity contribution is 9.10. The van der Waals surface area contributed by atoms with E-state index in [-0.39, 0.29) is 6.04 Å². The molecule has 2 rings (SSSR count). The van der Waals surface area contributed by atoms with Crippen LogP contribution in [0.15, 0.2) is 47.3 Å². The third-order valence-corrected chi connectivity index (χ3v) is 2.93. The molecule has 0 bridgehead atoms. The van der Waals surface area contributed by atoms with Gasteiger partial charge in [-0.3, -0.25) is 4.98 Å². The van der Waals surface area contributed by atoms with Gasteiger partial charge < -0.3 is 4.57 Å². The van der Waals surface area contributed by atoms with E-state index in [9.17, 15) is 0 Å². The van der Waals surface area contributed by atoms with Crippen LogP contribution in [0.1, 0.15) is 18.7 Å². The van der Waals surface area contributed by atoms with Gasteiger partial charge in [-0.25, -0.2) is 0 Å².